The fraction of sp³-hybridized carbons (Fsp3) is 0.118. The predicted molar refractivity (Wildman–Crippen MR) is 91.8 cm³/mol. The third kappa shape index (κ3) is 4.81. The summed E-state index contributed by atoms with van der Waals surface area (Å²) in [6.07, 6.45) is 0. The van der Waals surface area contributed by atoms with E-state index in [1.54, 1.807) is 24.3 Å². The second-order valence-electron chi connectivity index (χ2n) is 4.88. The van der Waals surface area contributed by atoms with Gasteiger partial charge in [-0.05, 0) is 37.3 Å². The third-order valence-corrected chi connectivity index (χ3v) is 3.45. The Kier molecular flexibility index (Phi) is 5.95. The van der Waals surface area contributed by atoms with Crippen molar-refractivity contribution >= 4 is 46.5 Å². The first-order chi connectivity index (χ1) is 11.4. The number of ether oxygens (including phenoxy) is 1. The fourth-order valence-corrected chi connectivity index (χ4v) is 2.50. The van der Waals surface area contributed by atoms with Crippen LogP contribution in [0.5, 0.6) is 0 Å². The van der Waals surface area contributed by atoms with Crippen molar-refractivity contribution in [2.24, 2.45) is 0 Å². The van der Waals surface area contributed by atoms with Crippen molar-refractivity contribution in [3.8, 4) is 0 Å². The fourth-order valence-electron chi connectivity index (χ4n) is 1.97. The Hall–Kier alpha value is -2.37. The number of ketones is 1. The maximum Gasteiger partial charge on any atom is 0.338 e. The van der Waals surface area contributed by atoms with Crippen molar-refractivity contribution in [3.63, 3.8) is 0 Å². The van der Waals surface area contributed by atoms with E-state index < -0.39 is 18.5 Å². The van der Waals surface area contributed by atoms with Crippen LogP contribution in [0.1, 0.15) is 27.6 Å². The van der Waals surface area contributed by atoms with E-state index in [2.05, 4.69) is 5.32 Å². The lowest BCUT2D eigenvalue weighted by atomic mass is 10.1. The molecule has 0 unspecified atom stereocenters. The predicted octanol–water partition coefficient (Wildman–Crippen LogP) is 3.99. The van der Waals surface area contributed by atoms with Gasteiger partial charge in [0.1, 0.15) is 0 Å². The van der Waals surface area contributed by atoms with Gasteiger partial charge in [0, 0.05) is 15.6 Å². The van der Waals surface area contributed by atoms with Gasteiger partial charge in [-0.1, -0.05) is 35.3 Å². The van der Waals surface area contributed by atoms with Crippen LogP contribution in [0.2, 0.25) is 10.0 Å². The first-order valence-electron chi connectivity index (χ1n) is 6.90. The standard InChI is InChI=1S/C17H13Cl2NO4/c1-10(21)14-4-2-3-5-15(14)20-16(22)9-24-17(23)11-6-12(18)8-13(19)7-11/h2-8H,9H2,1H3,(H,20,22). The number of para-hydroxylation sites is 1. The molecular weight excluding hydrogens is 353 g/mol. The van der Waals surface area contributed by atoms with Gasteiger partial charge in [0.15, 0.2) is 12.4 Å². The van der Waals surface area contributed by atoms with Gasteiger partial charge < -0.3 is 10.1 Å². The average molecular weight is 366 g/mol. The number of Topliss-reactive ketones (excluding diaryl/α,β-unsaturated/α-hetero) is 1. The van der Waals surface area contributed by atoms with Crippen molar-refractivity contribution in [1.82, 2.24) is 0 Å². The number of amides is 1. The lowest BCUT2D eigenvalue weighted by molar-refractivity contribution is -0.119. The van der Waals surface area contributed by atoms with E-state index in [0.717, 1.165) is 0 Å². The van der Waals surface area contributed by atoms with E-state index in [1.165, 1.54) is 25.1 Å². The summed E-state index contributed by atoms with van der Waals surface area (Å²) in [5, 5.41) is 3.11. The molecule has 7 heteroatoms. The molecule has 0 aliphatic rings. The summed E-state index contributed by atoms with van der Waals surface area (Å²) in [7, 11) is 0. The van der Waals surface area contributed by atoms with Gasteiger partial charge in [0.2, 0.25) is 0 Å². The topological polar surface area (TPSA) is 72.5 Å². The molecule has 2 aromatic carbocycles. The van der Waals surface area contributed by atoms with Crippen LogP contribution < -0.4 is 5.32 Å². The van der Waals surface area contributed by atoms with Gasteiger partial charge in [0.05, 0.1) is 11.3 Å². The molecule has 0 aliphatic heterocycles. The van der Waals surface area contributed by atoms with Crippen molar-refractivity contribution in [2.75, 3.05) is 11.9 Å². The lowest BCUT2D eigenvalue weighted by Gasteiger charge is -2.09. The van der Waals surface area contributed by atoms with E-state index in [-0.39, 0.29) is 21.4 Å². The molecule has 2 rings (SSSR count). The Labute approximate surface area is 148 Å². The lowest BCUT2D eigenvalue weighted by Crippen LogP contribution is -2.22. The van der Waals surface area contributed by atoms with Crippen LogP contribution in [-0.2, 0) is 9.53 Å². The van der Waals surface area contributed by atoms with E-state index in [9.17, 15) is 14.4 Å². The van der Waals surface area contributed by atoms with Crippen molar-refractivity contribution in [2.45, 2.75) is 6.92 Å². The van der Waals surface area contributed by atoms with Gasteiger partial charge in [-0.25, -0.2) is 4.79 Å². The third-order valence-electron chi connectivity index (χ3n) is 3.01. The van der Waals surface area contributed by atoms with Crippen molar-refractivity contribution in [1.29, 1.82) is 0 Å². The summed E-state index contributed by atoms with van der Waals surface area (Å²) in [6, 6.07) is 10.8. The number of anilines is 1. The average Bonchev–Trinajstić information content (AvgIpc) is 2.52. The minimum Gasteiger partial charge on any atom is -0.452 e. The molecule has 1 amide bonds. The number of rotatable bonds is 5. The van der Waals surface area contributed by atoms with Gasteiger partial charge in [-0.15, -0.1) is 0 Å². The van der Waals surface area contributed by atoms with Gasteiger partial charge in [-0.2, -0.15) is 0 Å². The number of esters is 1. The van der Waals surface area contributed by atoms with Crippen LogP contribution in [0.4, 0.5) is 5.69 Å². The zero-order chi connectivity index (χ0) is 17.7. The molecule has 0 spiro atoms. The monoisotopic (exact) mass is 365 g/mol. The Morgan fingerprint density at radius 2 is 1.67 bits per heavy atom. The van der Waals surface area contributed by atoms with E-state index >= 15 is 0 Å². The number of nitrogens with one attached hydrogen (secondary N) is 1. The molecule has 124 valence electrons. The van der Waals surface area contributed by atoms with Crippen LogP contribution >= 0.6 is 23.2 Å². The summed E-state index contributed by atoms with van der Waals surface area (Å²) in [5.74, 6) is -1.48. The highest BCUT2D eigenvalue weighted by atomic mass is 35.5. The number of carbonyl (C=O) groups is 3. The molecule has 1 N–H and O–H groups in total. The molecule has 0 saturated heterocycles. The van der Waals surface area contributed by atoms with Crippen LogP contribution in [0.15, 0.2) is 42.5 Å². The van der Waals surface area contributed by atoms with Gasteiger partial charge in [0.25, 0.3) is 5.91 Å². The highest BCUT2D eigenvalue weighted by molar-refractivity contribution is 6.35. The molecule has 0 atom stereocenters. The minimum atomic E-state index is -0.727. The van der Waals surface area contributed by atoms with E-state index in [1.807, 2.05) is 0 Å². The van der Waals surface area contributed by atoms with Crippen LogP contribution in [0.25, 0.3) is 0 Å². The molecular formula is C17H13Cl2NO4. The molecule has 0 saturated carbocycles. The summed E-state index contributed by atoms with van der Waals surface area (Å²) in [4.78, 5) is 35.3. The molecule has 5 nitrogen and oxygen atoms in total. The zero-order valence-corrected chi connectivity index (χ0v) is 14.1. The summed E-state index contributed by atoms with van der Waals surface area (Å²) < 4.78 is 4.92. The Bertz CT molecular complexity index is 785. The second kappa shape index (κ2) is 7.95. The minimum absolute atomic E-state index is 0.143. The molecule has 0 aliphatic carbocycles. The van der Waals surface area contributed by atoms with Gasteiger partial charge in [-0.3, -0.25) is 9.59 Å². The number of halogens is 2. The molecule has 0 fully saturated rings. The highest BCUT2D eigenvalue weighted by Gasteiger charge is 2.14. The maximum atomic E-state index is 11.9. The summed E-state index contributed by atoms with van der Waals surface area (Å²) in [5.41, 5.74) is 0.875. The normalized spacial score (nSPS) is 10.1. The SMILES string of the molecule is CC(=O)c1ccccc1NC(=O)COC(=O)c1cc(Cl)cc(Cl)c1. The number of carbonyl (C=O) groups excluding carboxylic acids is 3. The number of benzene rings is 2. The molecule has 2 aromatic rings. The first-order valence-corrected chi connectivity index (χ1v) is 7.65. The van der Waals surface area contributed by atoms with Crippen molar-refractivity contribution in [3.05, 3.63) is 63.6 Å². The number of hydrogen-bond acceptors (Lipinski definition) is 4. The van der Waals surface area contributed by atoms with E-state index in [0.29, 0.717) is 11.3 Å². The summed E-state index contributed by atoms with van der Waals surface area (Å²) in [6.45, 7) is 0.892. The summed E-state index contributed by atoms with van der Waals surface area (Å²) >= 11 is 11.6. The Morgan fingerprint density at radius 1 is 1.04 bits per heavy atom. The Balaban J connectivity index is 1.98. The van der Waals surface area contributed by atoms with Gasteiger partial charge >= 0.3 is 5.97 Å². The Morgan fingerprint density at radius 3 is 2.29 bits per heavy atom. The van der Waals surface area contributed by atoms with Crippen molar-refractivity contribution < 1.29 is 19.1 Å². The van der Waals surface area contributed by atoms with Crippen LogP contribution in [0, 0.1) is 0 Å². The molecule has 0 aromatic heterocycles. The highest BCUT2D eigenvalue weighted by Crippen LogP contribution is 2.20. The molecule has 24 heavy (non-hydrogen) atoms. The largest absolute Gasteiger partial charge is 0.452 e. The van der Waals surface area contributed by atoms with Crippen LogP contribution in [-0.4, -0.2) is 24.3 Å². The first kappa shape index (κ1) is 18.0. The molecule has 0 heterocycles. The van der Waals surface area contributed by atoms with Crippen LogP contribution in [0.3, 0.4) is 0 Å². The molecule has 0 radical (unpaired) electrons. The molecule has 0 bridgehead atoms. The smallest absolute Gasteiger partial charge is 0.338 e. The number of hydrogen-bond donors (Lipinski definition) is 1. The zero-order valence-electron chi connectivity index (χ0n) is 12.6. The second-order valence-corrected chi connectivity index (χ2v) is 5.76. The van der Waals surface area contributed by atoms with E-state index in [4.69, 9.17) is 27.9 Å². The quantitative estimate of drug-likeness (QED) is 0.642. The maximum absolute atomic E-state index is 11.9.